The van der Waals surface area contributed by atoms with Gasteiger partial charge in [0.15, 0.2) is 0 Å². The molecule has 20 heavy (non-hydrogen) atoms. The third kappa shape index (κ3) is 3.14. The fourth-order valence-electron chi connectivity index (χ4n) is 2.68. The molecular formula is C14H18N2O4. The molecule has 0 spiro atoms. The molecule has 1 unspecified atom stereocenters. The zero-order valence-corrected chi connectivity index (χ0v) is 11.4. The summed E-state index contributed by atoms with van der Waals surface area (Å²) in [6.45, 7) is 2.20. The molecule has 6 nitrogen and oxygen atoms in total. The van der Waals surface area contributed by atoms with Crippen molar-refractivity contribution in [2.24, 2.45) is 5.92 Å². The summed E-state index contributed by atoms with van der Waals surface area (Å²) in [5.74, 6) is 0.388. The van der Waals surface area contributed by atoms with Gasteiger partial charge in [0.2, 0.25) is 0 Å². The molecule has 1 fully saturated rings. The highest BCUT2D eigenvalue weighted by molar-refractivity contribution is 5.79. The van der Waals surface area contributed by atoms with E-state index in [1.165, 1.54) is 6.07 Å². The molecule has 0 saturated carbocycles. The maximum Gasteiger partial charge on any atom is 0.293 e. The lowest BCUT2D eigenvalue weighted by atomic mass is 9.98. The van der Waals surface area contributed by atoms with Crippen molar-refractivity contribution in [3.63, 3.8) is 0 Å². The van der Waals surface area contributed by atoms with Crippen molar-refractivity contribution in [3.8, 4) is 0 Å². The molecule has 1 saturated heterocycles. The second-order valence-corrected chi connectivity index (χ2v) is 5.03. The summed E-state index contributed by atoms with van der Waals surface area (Å²) in [6, 6.07) is 4.62. The summed E-state index contributed by atoms with van der Waals surface area (Å²) in [7, 11) is 1.67. The number of benzene rings is 1. The number of hydrogen-bond donors (Lipinski definition) is 0. The molecule has 0 aromatic heterocycles. The second-order valence-electron chi connectivity index (χ2n) is 5.03. The van der Waals surface area contributed by atoms with E-state index in [-0.39, 0.29) is 5.69 Å². The minimum absolute atomic E-state index is 0.00679. The Morgan fingerprint density at radius 1 is 1.55 bits per heavy atom. The van der Waals surface area contributed by atoms with Gasteiger partial charge in [0, 0.05) is 31.8 Å². The summed E-state index contributed by atoms with van der Waals surface area (Å²) in [5.41, 5.74) is 0.903. The topological polar surface area (TPSA) is 72.7 Å². The van der Waals surface area contributed by atoms with Crippen molar-refractivity contribution in [1.29, 1.82) is 0 Å². The van der Waals surface area contributed by atoms with Crippen molar-refractivity contribution in [1.82, 2.24) is 0 Å². The van der Waals surface area contributed by atoms with Crippen LogP contribution in [-0.2, 0) is 4.74 Å². The van der Waals surface area contributed by atoms with Gasteiger partial charge in [0.1, 0.15) is 12.0 Å². The van der Waals surface area contributed by atoms with Gasteiger partial charge in [-0.15, -0.1) is 0 Å². The Kier molecular flexibility index (Phi) is 4.68. The van der Waals surface area contributed by atoms with Crippen LogP contribution in [-0.4, -0.2) is 38.0 Å². The molecule has 1 atom stereocenters. The number of piperidine rings is 1. The zero-order valence-electron chi connectivity index (χ0n) is 11.4. The lowest BCUT2D eigenvalue weighted by molar-refractivity contribution is -0.384. The number of carbonyl (C=O) groups is 1. The Balaban J connectivity index is 2.26. The summed E-state index contributed by atoms with van der Waals surface area (Å²) < 4.78 is 5.17. The molecule has 0 N–H and O–H groups in total. The number of methoxy groups -OCH3 is 1. The fraction of sp³-hybridized carbons (Fsp3) is 0.500. The molecule has 108 valence electrons. The molecule has 0 aliphatic carbocycles. The van der Waals surface area contributed by atoms with Crippen LogP contribution in [0.25, 0.3) is 0 Å². The average molecular weight is 278 g/mol. The van der Waals surface area contributed by atoms with Crippen molar-refractivity contribution >= 4 is 17.7 Å². The lowest BCUT2D eigenvalue weighted by Crippen LogP contribution is -2.37. The van der Waals surface area contributed by atoms with Crippen LogP contribution in [0, 0.1) is 16.0 Å². The number of nitro groups is 1. The van der Waals surface area contributed by atoms with Crippen LogP contribution in [0.1, 0.15) is 23.2 Å². The molecule has 1 heterocycles. The van der Waals surface area contributed by atoms with E-state index in [9.17, 15) is 14.9 Å². The number of aldehydes is 1. The van der Waals surface area contributed by atoms with E-state index in [1.54, 1.807) is 19.2 Å². The quantitative estimate of drug-likeness (QED) is 0.469. The van der Waals surface area contributed by atoms with Crippen molar-refractivity contribution in [3.05, 3.63) is 33.9 Å². The number of rotatable bonds is 5. The Labute approximate surface area is 117 Å². The van der Waals surface area contributed by atoms with E-state index in [4.69, 9.17) is 4.74 Å². The number of hydrogen-bond acceptors (Lipinski definition) is 5. The molecule has 1 aliphatic heterocycles. The molecule has 0 bridgehead atoms. The molecule has 1 aromatic rings. The number of anilines is 1. The van der Waals surface area contributed by atoms with Gasteiger partial charge < -0.3 is 9.64 Å². The van der Waals surface area contributed by atoms with E-state index in [2.05, 4.69) is 0 Å². The molecule has 6 heteroatoms. The molecule has 1 aliphatic rings. The third-order valence-electron chi connectivity index (χ3n) is 3.59. The molecule has 2 rings (SSSR count). The summed E-state index contributed by atoms with van der Waals surface area (Å²) in [5, 5.41) is 11.2. The van der Waals surface area contributed by atoms with E-state index >= 15 is 0 Å². The maximum atomic E-state index is 11.2. The van der Waals surface area contributed by atoms with Gasteiger partial charge in [0.05, 0.1) is 11.5 Å². The Hall–Kier alpha value is -1.95. The first-order chi connectivity index (χ1) is 9.65. The Morgan fingerprint density at radius 2 is 2.35 bits per heavy atom. The molecule has 1 aromatic carbocycles. The predicted octanol–water partition coefficient (Wildman–Crippen LogP) is 2.27. The van der Waals surface area contributed by atoms with Gasteiger partial charge in [-0.3, -0.25) is 14.9 Å². The fourth-order valence-corrected chi connectivity index (χ4v) is 2.68. The Bertz CT molecular complexity index is 502. The maximum absolute atomic E-state index is 11.2. The van der Waals surface area contributed by atoms with E-state index in [0.717, 1.165) is 25.9 Å². The summed E-state index contributed by atoms with van der Waals surface area (Å²) in [6.07, 6.45) is 2.69. The third-order valence-corrected chi connectivity index (χ3v) is 3.59. The highest BCUT2D eigenvalue weighted by atomic mass is 16.6. The normalized spacial score (nSPS) is 18.9. The number of nitrogens with zero attached hydrogens (tertiary/aromatic N) is 2. The smallest absolute Gasteiger partial charge is 0.293 e. The van der Waals surface area contributed by atoms with Crippen LogP contribution < -0.4 is 4.90 Å². The number of ether oxygens (including phenoxy) is 1. The van der Waals surface area contributed by atoms with Gasteiger partial charge in [-0.1, -0.05) is 0 Å². The number of nitro benzene ring substituents is 1. The minimum atomic E-state index is -0.428. The van der Waals surface area contributed by atoms with Crippen LogP contribution in [0.4, 0.5) is 11.4 Å². The highest BCUT2D eigenvalue weighted by Crippen LogP contribution is 2.32. The van der Waals surface area contributed by atoms with Crippen LogP contribution in [0.2, 0.25) is 0 Å². The average Bonchev–Trinajstić information content (AvgIpc) is 2.47. The number of carbonyl (C=O) groups excluding carboxylic acids is 1. The summed E-state index contributed by atoms with van der Waals surface area (Å²) >= 11 is 0. The largest absolute Gasteiger partial charge is 0.384 e. The van der Waals surface area contributed by atoms with Crippen LogP contribution in [0.3, 0.4) is 0 Å². The predicted molar refractivity (Wildman–Crippen MR) is 75.3 cm³/mol. The zero-order chi connectivity index (χ0) is 14.5. The second kappa shape index (κ2) is 6.47. The van der Waals surface area contributed by atoms with Gasteiger partial charge in [-0.25, -0.2) is 0 Å². The van der Waals surface area contributed by atoms with Gasteiger partial charge in [-0.2, -0.15) is 0 Å². The minimum Gasteiger partial charge on any atom is -0.384 e. The first-order valence-corrected chi connectivity index (χ1v) is 6.63. The SMILES string of the molecule is COCC1CCCN(c2ccc(C=O)cc2[N+](=O)[O-])C1. The highest BCUT2D eigenvalue weighted by Gasteiger charge is 2.25. The van der Waals surface area contributed by atoms with Gasteiger partial charge in [-0.05, 0) is 30.9 Å². The van der Waals surface area contributed by atoms with Crippen molar-refractivity contribution in [2.45, 2.75) is 12.8 Å². The first kappa shape index (κ1) is 14.5. The van der Waals surface area contributed by atoms with Crippen molar-refractivity contribution < 1.29 is 14.5 Å². The molecular weight excluding hydrogens is 260 g/mol. The van der Waals surface area contributed by atoms with Gasteiger partial charge in [0.25, 0.3) is 5.69 Å². The van der Waals surface area contributed by atoms with E-state index in [0.29, 0.717) is 30.1 Å². The van der Waals surface area contributed by atoms with Gasteiger partial charge >= 0.3 is 0 Å². The monoisotopic (exact) mass is 278 g/mol. The molecule has 0 amide bonds. The van der Waals surface area contributed by atoms with Crippen molar-refractivity contribution in [2.75, 3.05) is 31.7 Å². The molecule has 0 radical (unpaired) electrons. The van der Waals surface area contributed by atoms with Crippen LogP contribution in [0.5, 0.6) is 0 Å². The van der Waals surface area contributed by atoms with E-state index < -0.39 is 4.92 Å². The standard InChI is InChI=1S/C14H18N2O4/c1-20-10-12-3-2-6-15(8-12)13-5-4-11(9-17)7-14(13)16(18)19/h4-5,7,9,12H,2-3,6,8,10H2,1H3. The Morgan fingerprint density at radius 3 is 3.00 bits per heavy atom. The summed E-state index contributed by atoms with van der Waals surface area (Å²) in [4.78, 5) is 23.5. The lowest BCUT2D eigenvalue weighted by Gasteiger charge is -2.33. The van der Waals surface area contributed by atoms with E-state index in [1.807, 2.05) is 4.90 Å². The van der Waals surface area contributed by atoms with Crippen LogP contribution in [0.15, 0.2) is 18.2 Å². The van der Waals surface area contributed by atoms with Crippen LogP contribution >= 0.6 is 0 Å². The first-order valence-electron chi connectivity index (χ1n) is 6.63.